The molecule has 3 N–H and O–H groups in total. The van der Waals surface area contributed by atoms with Gasteiger partial charge in [-0.15, -0.1) is 0 Å². The van der Waals surface area contributed by atoms with E-state index in [1.807, 2.05) is 38.1 Å². The van der Waals surface area contributed by atoms with Crippen molar-refractivity contribution < 1.29 is 10.2 Å². The fourth-order valence-corrected chi connectivity index (χ4v) is 3.48. The molecule has 1 aliphatic heterocycles. The Morgan fingerprint density at radius 2 is 1.88 bits per heavy atom. The summed E-state index contributed by atoms with van der Waals surface area (Å²) >= 11 is 0. The number of aliphatic hydroxyl groups is 2. The van der Waals surface area contributed by atoms with Crippen LogP contribution >= 0.6 is 0 Å². The molecule has 0 aliphatic carbocycles. The van der Waals surface area contributed by atoms with Gasteiger partial charge in [-0.3, -0.25) is 4.90 Å². The summed E-state index contributed by atoms with van der Waals surface area (Å²) in [4.78, 5) is 16.0. The van der Waals surface area contributed by atoms with Crippen LogP contribution in [0.3, 0.4) is 0 Å². The largest absolute Gasteiger partial charge is 0.395 e. The molecule has 0 bridgehead atoms. The molecule has 0 aromatic carbocycles. The minimum absolute atomic E-state index is 0.000955. The number of pyridine rings is 1. The summed E-state index contributed by atoms with van der Waals surface area (Å²) in [5.74, 6) is 2.19. The molecule has 140 valence electrons. The smallest absolute Gasteiger partial charge is 0.148 e. The van der Waals surface area contributed by atoms with Crippen LogP contribution < -0.4 is 5.32 Å². The van der Waals surface area contributed by atoms with Gasteiger partial charge < -0.3 is 15.5 Å². The Labute approximate surface area is 154 Å². The summed E-state index contributed by atoms with van der Waals surface area (Å²) in [6, 6.07) is 7.43. The van der Waals surface area contributed by atoms with Gasteiger partial charge in [0.25, 0.3) is 0 Å². The third-order valence-corrected chi connectivity index (χ3v) is 4.75. The Morgan fingerprint density at radius 1 is 1.08 bits per heavy atom. The van der Waals surface area contributed by atoms with Crippen LogP contribution in [0.25, 0.3) is 0 Å². The fraction of sp³-hybridized carbons (Fsp3) is 0.526. The van der Waals surface area contributed by atoms with Gasteiger partial charge in [-0.2, -0.15) is 0 Å². The minimum atomic E-state index is -0.278. The first kappa shape index (κ1) is 18.7. The van der Waals surface area contributed by atoms with Crippen LogP contribution in [-0.2, 0) is 0 Å². The second kappa shape index (κ2) is 8.53. The van der Waals surface area contributed by atoms with E-state index in [9.17, 15) is 10.2 Å². The summed E-state index contributed by atoms with van der Waals surface area (Å²) in [6.45, 7) is 4.58. The quantitative estimate of drug-likeness (QED) is 0.729. The minimum Gasteiger partial charge on any atom is -0.395 e. The summed E-state index contributed by atoms with van der Waals surface area (Å²) in [6.07, 6.45) is 3.06. The van der Waals surface area contributed by atoms with Crippen LogP contribution in [0.1, 0.15) is 42.5 Å². The Hall–Kier alpha value is -2.09. The van der Waals surface area contributed by atoms with Crippen molar-refractivity contribution in [3.8, 4) is 0 Å². The van der Waals surface area contributed by atoms with Gasteiger partial charge in [-0.05, 0) is 45.4 Å². The molecular formula is C19H27N5O2. The van der Waals surface area contributed by atoms with E-state index in [1.165, 1.54) is 0 Å². The maximum atomic E-state index is 9.61. The van der Waals surface area contributed by atoms with E-state index in [0.29, 0.717) is 5.82 Å². The lowest BCUT2D eigenvalue weighted by molar-refractivity contribution is 0.0214. The molecule has 1 unspecified atom stereocenters. The highest BCUT2D eigenvalue weighted by molar-refractivity contribution is 5.52. The highest BCUT2D eigenvalue weighted by Crippen LogP contribution is 2.31. The second-order valence-corrected chi connectivity index (χ2v) is 6.81. The summed E-state index contributed by atoms with van der Waals surface area (Å²) < 4.78 is 0. The number of piperidine rings is 1. The molecule has 0 spiro atoms. The van der Waals surface area contributed by atoms with Crippen molar-refractivity contribution in [2.75, 3.05) is 25.1 Å². The molecule has 3 rings (SSSR count). The monoisotopic (exact) mass is 357 g/mol. The lowest BCUT2D eigenvalue weighted by Crippen LogP contribution is -2.46. The zero-order chi connectivity index (χ0) is 18.5. The number of aromatic nitrogens is 3. The van der Waals surface area contributed by atoms with Crippen LogP contribution in [0.15, 0.2) is 24.3 Å². The van der Waals surface area contributed by atoms with Gasteiger partial charge in [0.2, 0.25) is 0 Å². The Balaban J connectivity index is 1.88. The number of nitrogens with zero attached hydrogens (tertiary/aromatic N) is 4. The van der Waals surface area contributed by atoms with Gasteiger partial charge in [0.1, 0.15) is 17.5 Å². The number of hydrogen-bond donors (Lipinski definition) is 3. The molecule has 1 aliphatic rings. The summed E-state index contributed by atoms with van der Waals surface area (Å²) in [7, 11) is 0. The van der Waals surface area contributed by atoms with E-state index in [1.54, 1.807) is 0 Å². The van der Waals surface area contributed by atoms with Crippen molar-refractivity contribution in [3.63, 3.8) is 0 Å². The number of rotatable bonds is 6. The van der Waals surface area contributed by atoms with Crippen molar-refractivity contribution >= 4 is 11.6 Å². The van der Waals surface area contributed by atoms with Crippen LogP contribution in [0.2, 0.25) is 0 Å². The predicted octanol–water partition coefficient (Wildman–Crippen LogP) is 2.11. The molecule has 3 heterocycles. The van der Waals surface area contributed by atoms with E-state index in [0.717, 1.165) is 48.8 Å². The average Bonchev–Trinajstić information content (AvgIpc) is 2.63. The van der Waals surface area contributed by atoms with E-state index in [-0.39, 0.29) is 25.3 Å². The molecule has 7 nitrogen and oxygen atoms in total. The van der Waals surface area contributed by atoms with Gasteiger partial charge in [0.15, 0.2) is 0 Å². The van der Waals surface area contributed by atoms with E-state index in [2.05, 4.69) is 20.2 Å². The maximum Gasteiger partial charge on any atom is 0.148 e. The molecule has 0 radical (unpaired) electrons. The first-order valence-corrected chi connectivity index (χ1v) is 9.14. The standard InChI is InChI=1S/C19H27N5O2/c1-13-6-5-8-17(20-13)22-18-10-14(2)21-19(23-18)16-7-3-4-9-24(16)15(11-25)12-26/h5-6,8,10,15-16,25-26H,3-4,7,9,11-12H2,1-2H3,(H,20,21,22,23). The molecular weight excluding hydrogens is 330 g/mol. The number of hydrogen-bond acceptors (Lipinski definition) is 7. The third kappa shape index (κ3) is 4.35. The number of aliphatic hydroxyl groups excluding tert-OH is 2. The van der Waals surface area contributed by atoms with Gasteiger partial charge in [0.05, 0.1) is 25.3 Å². The predicted molar refractivity (Wildman–Crippen MR) is 100 cm³/mol. The molecule has 1 atom stereocenters. The van der Waals surface area contributed by atoms with E-state index >= 15 is 0 Å². The van der Waals surface area contributed by atoms with Crippen LogP contribution in [-0.4, -0.2) is 55.9 Å². The zero-order valence-electron chi connectivity index (χ0n) is 15.4. The number of aryl methyl sites for hydroxylation is 2. The van der Waals surface area contributed by atoms with Gasteiger partial charge >= 0.3 is 0 Å². The Bertz CT molecular complexity index is 736. The van der Waals surface area contributed by atoms with Crippen LogP contribution in [0.5, 0.6) is 0 Å². The molecule has 26 heavy (non-hydrogen) atoms. The Kier molecular flexibility index (Phi) is 6.13. The number of anilines is 2. The molecule has 2 aromatic heterocycles. The van der Waals surface area contributed by atoms with Crippen LogP contribution in [0.4, 0.5) is 11.6 Å². The zero-order valence-corrected chi connectivity index (χ0v) is 15.4. The van der Waals surface area contributed by atoms with Gasteiger partial charge in [-0.1, -0.05) is 12.5 Å². The molecule has 0 amide bonds. The Morgan fingerprint density at radius 3 is 2.62 bits per heavy atom. The number of nitrogens with one attached hydrogen (secondary N) is 1. The van der Waals surface area contributed by atoms with E-state index in [4.69, 9.17) is 4.98 Å². The second-order valence-electron chi connectivity index (χ2n) is 6.81. The normalized spacial score (nSPS) is 18.3. The number of likely N-dealkylation sites (tertiary alicyclic amines) is 1. The van der Waals surface area contributed by atoms with Crippen molar-refractivity contribution in [1.29, 1.82) is 0 Å². The molecule has 0 saturated carbocycles. The van der Waals surface area contributed by atoms with Crippen molar-refractivity contribution in [2.45, 2.75) is 45.2 Å². The summed E-state index contributed by atoms with van der Waals surface area (Å²) in [5.41, 5.74) is 1.81. The van der Waals surface area contributed by atoms with Gasteiger partial charge in [0, 0.05) is 17.5 Å². The topological polar surface area (TPSA) is 94.4 Å². The van der Waals surface area contributed by atoms with E-state index < -0.39 is 0 Å². The summed E-state index contributed by atoms with van der Waals surface area (Å²) in [5, 5.41) is 22.5. The molecule has 1 saturated heterocycles. The van der Waals surface area contributed by atoms with Crippen molar-refractivity contribution in [2.24, 2.45) is 0 Å². The lowest BCUT2D eigenvalue weighted by atomic mass is 9.99. The SMILES string of the molecule is Cc1cccc(Nc2cc(C)nc(C3CCCCN3C(CO)CO)n2)n1. The third-order valence-electron chi connectivity index (χ3n) is 4.75. The first-order valence-electron chi connectivity index (χ1n) is 9.14. The molecule has 2 aromatic rings. The molecule has 7 heteroatoms. The highest BCUT2D eigenvalue weighted by atomic mass is 16.3. The lowest BCUT2D eigenvalue weighted by Gasteiger charge is -2.39. The molecule has 1 fully saturated rings. The highest BCUT2D eigenvalue weighted by Gasteiger charge is 2.31. The average molecular weight is 357 g/mol. The van der Waals surface area contributed by atoms with Gasteiger partial charge in [-0.25, -0.2) is 15.0 Å². The van der Waals surface area contributed by atoms with Crippen molar-refractivity contribution in [1.82, 2.24) is 19.9 Å². The van der Waals surface area contributed by atoms with Crippen molar-refractivity contribution in [3.05, 3.63) is 41.5 Å². The van der Waals surface area contributed by atoms with Crippen LogP contribution in [0, 0.1) is 13.8 Å². The fourth-order valence-electron chi connectivity index (χ4n) is 3.48. The first-order chi connectivity index (χ1) is 12.6. The maximum absolute atomic E-state index is 9.61.